The predicted molar refractivity (Wildman–Crippen MR) is 55.1 cm³/mol. The minimum atomic E-state index is -0.187. The van der Waals surface area contributed by atoms with Crippen molar-refractivity contribution in [1.82, 2.24) is 4.98 Å². The highest BCUT2D eigenvalue weighted by Gasteiger charge is 2.11. The van der Waals surface area contributed by atoms with Crippen molar-refractivity contribution in [3.8, 4) is 0 Å². The van der Waals surface area contributed by atoms with Gasteiger partial charge in [-0.05, 0) is 24.6 Å². The SMILES string of the molecule is C=CC(C(C)=O)c1ccncc1.Cl. The topological polar surface area (TPSA) is 30.0 Å². The van der Waals surface area contributed by atoms with Crippen LogP contribution >= 0.6 is 12.4 Å². The van der Waals surface area contributed by atoms with Crippen molar-refractivity contribution in [2.45, 2.75) is 12.8 Å². The average molecular weight is 198 g/mol. The van der Waals surface area contributed by atoms with Crippen LogP contribution in [0.5, 0.6) is 0 Å². The van der Waals surface area contributed by atoms with Gasteiger partial charge in [-0.2, -0.15) is 0 Å². The lowest BCUT2D eigenvalue weighted by Gasteiger charge is -2.07. The minimum Gasteiger partial charge on any atom is -0.299 e. The van der Waals surface area contributed by atoms with Gasteiger partial charge < -0.3 is 0 Å². The van der Waals surface area contributed by atoms with E-state index < -0.39 is 0 Å². The number of pyridine rings is 1. The number of nitrogens with zero attached hydrogens (tertiary/aromatic N) is 1. The van der Waals surface area contributed by atoms with Gasteiger partial charge in [0.25, 0.3) is 0 Å². The molecule has 0 spiro atoms. The second-order valence-electron chi connectivity index (χ2n) is 2.60. The van der Waals surface area contributed by atoms with Crippen LogP contribution in [0.3, 0.4) is 0 Å². The first kappa shape index (κ1) is 11.8. The maximum absolute atomic E-state index is 11.1. The zero-order valence-corrected chi connectivity index (χ0v) is 8.25. The molecule has 0 radical (unpaired) electrons. The van der Waals surface area contributed by atoms with Gasteiger partial charge in [0.15, 0.2) is 0 Å². The highest BCUT2D eigenvalue weighted by Crippen LogP contribution is 2.16. The van der Waals surface area contributed by atoms with E-state index in [0.717, 1.165) is 5.56 Å². The molecule has 1 unspecified atom stereocenters. The van der Waals surface area contributed by atoms with Gasteiger partial charge in [-0.3, -0.25) is 9.78 Å². The van der Waals surface area contributed by atoms with Crippen LogP contribution in [0.25, 0.3) is 0 Å². The number of hydrogen-bond donors (Lipinski definition) is 0. The van der Waals surface area contributed by atoms with Crippen LogP contribution in [0.4, 0.5) is 0 Å². The molecule has 0 saturated heterocycles. The van der Waals surface area contributed by atoms with Gasteiger partial charge in [0.05, 0.1) is 5.92 Å². The van der Waals surface area contributed by atoms with Crippen LogP contribution in [-0.4, -0.2) is 10.8 Å². The molecule has 0 aromatic carbocycles. The van der Waals surface area contributed by atoms with E-state index in [1.807, 2.05) is 12.1 Å². The molecular formula is C10H12ClNO. The molecule has 0 aliphatic rings. The lowest BCUT2D eigenvalue weighted by Crippen LogP contribution is -2.05. The van der Waals surface area contributed by atoms with Crippen molar-refractivity contribution >= 4 is 18.2 Å². The molecule has 1 heterocycles. The van der Waals surface area contributed by atoms with Gasteiger partial charge in [-0.15, -0.1) is 19.0 Å². The summed E-state index contributed by atoms with van der Waals surface area (Å²) < 4.78 is 0. The maximum Gasteiger partial charge on any atom is 0.141 e. The summed E-state index contributed by atoms with van der Waals surface area (Å²) in [4.78, 5) is 15.0. The first-order valence-corrected chi connectivity index (χ1v) is 3.78. The van der Waals surface area contributed by atoms with Crippen molar-refractivity contribution in [2.75, 3.05) is 0 Å². The molecule has 3 heteroatoms. The number of Topliss-reactive ketones (excluding diaryl/α,β-unsaturated/α-hetero) is 1. The van der Waals surface area contributed by atoms with Crippen LogP contribution in [0, 0.1) is 0 Å². The fourth-order valence-corrected chi connectivity index (χ4v) is 1.11. The van der Waals surface area contributed by atoms with E-state index in [4.69, 9.17) is 0 Å². The summed E-state index contributed by atoms with van der Waals surface area (Å²) in [5.41, 5.74) is 0.951. The predicted octanol–water partition coefficient (Wildman–Crippen LogP) is 2.36. The van der Waals surface area contributed by atoms with Gasteiger partial charge >= 0.3 is 0 Å². The van der Waals surface area contributed by atoms with Gasteiger partial charge in [0.2, 0.25) is 0 Å². The molecule has 0 saturated carbocycles. The standard InChI is InChI=1S/C10H11NO.ClH/c1-3-10(8(2)12)9-4-6-11-7-5-9;/h3-7,10H,1H2,2H3;1H. The molecule has 1 aromatic heterocycles. The number of aromatic nitrogens is 1. The van der Waals surface area contributed by atoms with E-state index in [0.29, 0.717) is 0 Å². The van der Waals surface area contributed by atoms with Crippen molar-refractivity contribution in [2.24, 2.45) is 0 Å². The molecule has 0 amide bonds. The van der Waals surface area contributed by atoms with Crippen LogP contribution in [0.1, 0.15) is 18.4 Å². The molecule has 0 N–H and O–H groups in total. The van der Waals surface area contributed by atoms with E-state index in [2.05, 4.69) is 11.6 Å². The molecule has 1 rings (SSSR count). The number of hydrogen-bond acceptors (Lipinski definition) is 2. The molecule has 1 atom stereocenters. The van der Waals surface area contributed by atoms with Crippen molar-refractivity contribution < 1.29 is 4.79 Å². The smallest absolute Gasteiger partial charge is 0.141 e. The first-order chi connectivity index (χ1) is 5.75. The van der Waals surface area contributed by atoms with Crippen molar-refractivity contribution in [3.05, 3.63) is 42.7 Å². The Morgan fingerprint density at radius 2 is 2.08 bits per heavy atom. The summed E-state index contributed by atoms with van der Waals surface area (Å²) >= 11 is 0. The van der Waals surface area contributed by atoms with E-state index in [1.165, 1.54) is 0 Å². The molecule has 13 heavy (non-hydrogen) atoms. The second kappa shape index (κ2) is 5.49. The van der Waals surface area contributed by atoms with E-state index in [1.54, 1.807) is 25.4 Å². The Balaban J connectivity index is 0.00000144. The molecule has 70 valence electrons. The lowest BCUT2D eigenvalue weighted by molar-refractivity contribution is -0.117. The summed E-state index contributed by atoms with van der Waals surface area (Å²) in [5, 5.41) is 0. The Bertz CT molecular complexity index is 284. The number of allylic oxidation sites excluding steroid dienone is 1. The molecular weight excluding hydrogens is 186 g/mol. The summed E-state index contributed by atoms with van der Waals surface area (Å²) in [6, 6.07) is 3.65. The highest BCUT2D eigenvalue weighted by molar-refractivity contribution is 5.85. The summed E-state index contributed by atoms with van der Waals surface area (Å²) in [6.45, 7) is 5.18. The van der Waals surface area contributed by atoms with Crippen LogP contribution < -0.4 is 0 Å². The first-order valence-electron chi connectivity index (χ1n) is 3.78. The third-order valence-electron chi connectivity index (χ3n) is 1.74. The van der Waals surface area contributed by atoms with Crippen LogP contribution in [0.2, 0.25) is 0 Å². The largest absolute Gasteiger partial charge is 0.299 e. The number of rotatable bonds is 3. The van der Waals surface area contributed by atoms with Crippen LogP contribution in [0.15, 0.2) is 37.2 Å². The van der Waals surface area contributed by atoms with Gasteiger partial charge in [0, 0.05) is 12.4 Å². The fourth-order valence-electron chi connectivity index (χ4n) is 1.11. The Kier molecular flexibility index (Phi) is 5.00. The molecule has 0 aliphatic heterocycles. The monoisotopic (exact) mass is 197 g/mol. The molecule has 2 nitrogen and oxygen atoms in total. The van der Waals surface area contributed by atoms with Gasteiger partial charge in [-0.25, -0.2) is 0 Å². The highest BCUT2D eigenvalue weighted by atomic mass is 35.5. The van der Waals surface area contributed by atoms with Gasteiger partial charge in [-0.1, -0.05) is 6.08 Å². The number of carbonyl (C=O) groups excluding carboxylic acids is 1. The third-order valence-corrected chi connectivity index (χ3v) is 1.74. The molecule has 0 fully saturated rings. The quantitative estimate of drug-likeness (QED) is 0.697. The maximum atomic E-state index is 11.1. The number of halogens is 1. The number of carbonyl (C=O) groups is 1. The van der Waals surface area contributed by atoms with Crippen LogP contribution in [-0.2, 0) is 4.79 Å². The molecule has 0 aliphatic carbocycles. The minimum absolute atomic E-state index is 0. The normalized spacial score (nSPS) is 11.2. The Hall–Kier alpha value is -1.15. The summed E-state index contributed by atoms with van der Waals surface area (Å²) in [6.07, 6.45) is 5.00. The fraction of sp³-hybridized carbons (Fsp3) is 0.200. The lowest BCUT2D eigenvalue weighted by atomic mass is 9.97. The molecule has 0 bridgehead atoms. The Morgan fingerprint density at radius 3 is 2.46 bits per heavy atom. The van der Waals surface area contributed by atoms with E-state index in [-0.39, 0.29) is 24.1 Å². The van der Waals surface area contributed by atoms with E-state index in [9.17, 15) is 4.79 Å². The number of ketones is 1. The third kappa shape index (κ3) is 2.99. The molecule has 1 aromatic rings. The Morgan fingerprint density at radius 1 is 1.54 bits per heavy atom. The zero-order chi connectivity index (χ0) is 8.97. The zero-order valence-electron chi connectivity index (χ0n) is 7.43. The van der Waals surface area contributed by atoms with Crippen molar-refractivity contribution in [3.63, 3.8) is 0 Å². The average Bonchev–Trinajstić information content (AvgIpc) is 2.07. The summed E-state index contributed by atoms with van der Waals surface area (Å²) in [5.74, 6) is -0.0794. The second-order valence-corrected chi connectivity index (χ2v) is 2.60. The van der Waals surface area contributed by atoms with E-state index >= 15 is 0 Å². The van der Waals surface area contributed by atoms with Crippen molar-refractivity contribution in [1.29, 1.82) is 0 Å². The Labute approximate surface area is 84.1 Å². The summed E-state index contributed by atoms with van der Waals surface area (Å²) in [7, 11) is 0. The van der Waals surface area contributed by atoms with Gasteiger partial charge in [0.1, 0.15) is 5.78 Å².